The van der Waals surface area contributed by atoms with Gasteiger partial charge in [0.15, 0.2) is 0 Å². The van der Waals surface area contributed by atoms with Crippen molar-refractivity contribution in [2.75, 3.05) is 0 Å². The molecule has 1 N–H and O–H groups in total. The molecule has 1 aromatic carbocycles. The van der Waals surface area contributed by atoms with Gasteiger partial charge >= 0.3 is 0 Å². The second-order valence-electron chi connectivity index (χ2n) is 4.54. The number of hydrogen-bond acceptors (Lipinski definition) is 2. The average Bonchev–Trinajstić information content (AvgIpc) is 3.05. The van der Waals surface area contributed by atoms with Gasteiger partial charge in [-0.3, -0.25) is 0 Å². The van der Waals surface area contributed by atoms with Crippen LogP contribution in [0.1, 0.15) is 10.6 Å². The number of nitrogens with one attached hydrogen (secondary N) is 1. The van der Waals surface area contributed by atoms with E-state index in [9.17, 15) is 0 Å². The van der Waals surface area contributed by atoms with Crippen LogP contribution in [0.15, 0.2) is 41.8 Å². The topological polar surface area (TPSA) is 28.7 Å². The zero-order chi connectivity index (χ0) is 11.9. The summed E-state index contributed by atoms with van der Waals surface area (Å²) in [6.45, 7) is 0. The highest BCUT2D eigenvalue weighted by Gasteiger charge is 2.21. The third kappa shape index (κ3) is 1.44. The van der Waals surface area contributed by atoms with Crippen LogP contribution >= 0.6 is 11.3 Å². The number of thiophene rings is 1. The summed E-state index contributed by atoms with van der Waals surface area (Å²) in [6.07, 6.45) is 2.21. The maximum atomic E-state index is 4.79. The quantitative estimate of drug-likeness (QED) is 0.699. The number of nitrogens with zero attached hydrogens (tertiary/aromatic N) is 1. The van der Waals surface area contributed by atoms with Crippen molar-refractivity contribution in [3.05, 3.63) is 52.3 Å². The van der Waals surface area contributed by atoms with E-state index in [-0.39, 0.29) is 0 Å². The van der Waals surface area contributed by atoms with E-state index in [0.29, 0.717) is 0 Å². The van der Waals surface area contributed by atoms with Gasteiger partial charge in [0, 0.05) is 21.7 Å². The molecule has 0 aliphatic heterocycles. The number of benzene rings is 1. The van der Waals surface area contributed by atoms with Crippen molar-refractivity contribution < 1.29 is 0 Å². The van der Waals surface area contributed by atoms with Crippen molar-refractivity contribution in [1.29, 1.82) is 0 Å². The zero-order valence-electron chi connectivity index (χ0n) is 9.81. The first kappa shape index (κ1) is 10.1. The lowest BCUT2D eigenvalue weighted by atomic mass is 10.0. The van der Waals surface area contributed by atoms with Crippen LogP contribution in [0.4, 0.5) is 0 Å². The van der Waals surface area contributed by atoms with Crippen molar-refractivity contribution in [2.45, 2.75) is 12.8 Å². The van der Waals surface area contributed by atoms with Gasteiger partial charge in [-0.2, -0.15) is 0 Å². The van der Waals surface area contributed by atoms with E-state index in [1.54, 1.807) is 0 Å². The Morgan fingerprint density at radius 1 is 1.06 bits per heavy atom. The first-order chi connectivity index (χ1) is 8.92. The molecule has 0 spiro atoms. The van der Waals surface area contributed by atoms with Gasteiger partial charge in [-0.25, -0.2) is 4.98 Å². The second kappa shape index (κ2) is 3.82. The van der Waals surface area contributed by atoms with E-state index in [4.69, 9.17) is 4.98 Å². The fourth-order valence-electron chi connectivity index (χ4n) is 2.53. The number of fused-ring (bicyclic) bond motifs is 3. The molecule has 0 amide bonds. The number of imidazole rings is 1. The van der Waals surface area contributed by atoms with Crippen LogP contribution in [-0.2, 0) is 12.8 Å². The van der Waals surface area contributed by atoms with Crippen molar-refractivity contribution in [3.8, 4) is 22.6 Å². The Morgan fingerprint density at radius 3 is 2.83 bits per heavy atom. The predicted molar refractivity (Wildman–Crippen MR) is 74.7 cm³/mol. The van der Waals surface area contributed by atoms with E-state index in [1.807, 2.05) is 29.5 Å². The Morgan fingerprint density at radius 2 is 1.94 bits per heavy atom. The minimum absolute atomic E-state index is 0.986. The summed E-state index contributed by atoms with van der Waals surface area (Å²) in [4.78, 5) is 9.73. The zero-order valence-corrected chi connectivity index (χ0v) is 10.6. The minimum atomic E-state index is 0.986. The molecule has 0 saturated heterocycles. The van der Waals surface area contributed by atoms with Crippen LogP contribution in [0.25, 0.3) is 22.6 Å². The molecule has 1 aliphatic rings. The van der Waals surface area contributed by atoms with Crippen LogP contribution in [0.2, 0.25) is 0 Å². The molecule has 2 heterocycles. The van der Waals surface area contributed by atoms with Gasteiger partial charge in [0.1, 0.15) is 5.82 Å². The van der Waals surface area contributed by atoms with Crippen molar-refractivity contribution in [3.63, 3.8) is 0 Å². The summed E-state index contributed by atoms with van der Waals surface area (Å²) in [6, 6.07) is 12.5. The van der Waals surface area contributed by atoms with E-state index in [2.05, 4.69) is 28.6 Å². The monoisotopic (exact) mass is 252 g/mol. The van der Waals surface area contributed by atoms with E-state index in [1.165, 1.54) is 16.1 Å². The number of aryl methyl sites for hydroxylation is 2. The average molecular weight is 252 g/mol. The maximum Gasteiger partial charge on any atom is 0.138 e. The van der Waals surface area contributed by atoms with Crippen LogP contribution < -0.4 is 0 Å². The fraction of sp³-hybridized carbons (Fsp3) is 0.133. The Bertz CT molecular complexity index is 694. The van der Waals surface area contributed by atoms with Crippen molar-refractivity contribution >= 4 is 11.3 Å². The molecule has 0 saturated carbocycles. The van der Waals surface area contributed by atoms with Gasteiger partial charge in [0.2, 0.25) is 0 Å². The van der Waals surface area contributed by atoms with Crippen LogP contribution in [-0.4, -0.2) is 9.97 Å². The van der Waals surface area contributed by atoms with Crippen LogP contribution in [0, 0.1) is 0 Å². The molecule has 0 atom stereocenters. The summed E-state index contributed by atoms with van der Waals surface area (Å²) in [5, 5.41) is 2.16. The van der Waals surface area contributed by atoms with Crippen LogP contribution in [0.3, 0.4) is 0 Å². The summed E-state index contributed by atoms with van der Waals surface area (Å²) >= 11 is 1.84. The Kier molecular flexibility index (Phi) is 2.14. The van der Waals surface area contributed by atoms with E-state index in [0.717, 1.165) is 29.9 Å². The molecule has 2 aromatic heterocycles. The summed E-state index contributed by atoms with van der Waals surface area (Å²) < 4.78 is 0. The van der Waals surface area contributed by atoms with Gasteiger partial charge in [-0.05, 0) is 24.3 Å². The normalized spacial score (nSPS) is 13.1. The lowest BCUT2D eigenvalue weighted by molar-refractivity contribution is 0.927. The molecule has 88 valence electrons. The Hall–Kier alpha value is -1.87. The fourth-order valence-corrected chi connectivity index (χ4v) is 3.41. The molecule has 0 unspecified atom stereocenters. The maximum absolute atomic E-state index is 4.79. The first-order valence-electron chi connectivity index (χ1n) is 6.13. The molecule has 18 heavy (non-hydrogen) atoms. The van der Waals surface area contributed by atoms with Crippen molar-refractivity contribution in [1.82, 2.24) is 9.97 Å². The number of H-pyrrole nitrogens is 1. The standard InChI is InChI=1S/C15H12N2S/c1-2-4-10(5-3-1)15-16-12-6-7-13-11(8-9-18-13)14(12)17-15/h1-5,8-9H,6-7H2,(H,16,17). The van der Waals surface area contributed by atoms with Gasteiger partial charge < -0.3 is 4.98 Å². The third-order valence-corrected chi connectivity index (χ3v) is 4.41. The molecule has 2 nitrogen and oxygen atoms in total. The van der Waals surface area contributed by atoms with Crippen LogP contribution in [0.5, 0.6) is 0 Å². The van der Waals surface area contributed by atoms with E-state index < -0.39 is 0 Å². The Labute approximate surface area is 109 Å². The highest BCUT2D eigenvalue weighted by molar-refractivity contribution is 7.10. The lowest BCUT2D eigenvalue weighted by Gasteiger charge is -2.09. The number of aromatic nitrogens is 2. The molecule has 0 fully saturated rings. The number of hydrogen-bond donors (Lipinski definition) is 1. The molecule has 3 heteroatoms. The molecule has 0 bridgehead atoms. The molecule has 1 aliphatic carbocycles. The largest absolute Gasteiger partial charge is 0.341 e. The highest BCUT2D eigenvalue weighted by atomic mass is 32.1. The predicted octanol–water partition coefficient (Wildman–Crippen LogP) is 3.90. The molecular formula is C15H12N2S. The second-order valence-corrected chi connectivity index (χ2v) is 5.54. The number of aromatic amines is 1. The lowest BCUT2D eigenvalue weighted by Crippen LogP contribution is -1.99. The van der Waals surface area contributed by atoms with Gasteiger partial charge in [-0.15, -0.1) is 11.3 Å². The minimum Gasteiger partial charge on any atom is -0.341 e. The Balaban J connectivity index is 1.88. The summed E-state index contributed by atoms with van der Waals surface area (Å²) in [5.41, 5.74) is 4.90. The van der Waals surface area contributed by atoms with Gasteiger partial charge in [0.25, 0.3) is 0 Å². The first-order valence-corrected chi connectivity index (χ1v) is 7.01. The smallest absolute Gasteiger partial charge is 0.138 e. The molecular weight excluding hydrogens is 240 g/mol. The molecule has 0 radical (unpaired) electrons. The number of rotatable bonds is 1. The highest BCUT2D eigenvalue weighted by Crippen LogP contribution is 2.36. The van der Waals surface area contributed by atoms with E-state index >= 15 is 0 Å². The third-order valence-electron chi connectivity index (χ3n) is 3.43. The van der Waals surface area contributed by atoms with Gasteiger partial charge in [0.05, 0.1) is 5.69 Å². The molecule has 4 rings (SSSR count). The summed E-state index contributed by atoms with van der Waals surface area (Å²) in [5.74, 6) is 0.986. The van der Waals surface area contributed by atoms with Gasteiger partial charge in [-0.1, -0.05) is 30.3 Å². The molecule has 3 aromatic rings. The SMILES string of the molecule is c1ccc(-c2nc3c([nH]2)CCc2sccc2-3)cc1. The summed E-state index contributed by atoms with van der Waals surface area (Å²) in [7, 11) is 0. The van der Waals surface area contributed by atoms with Crippen molar-refractivity contribution in [2.24, 2.45) is 0 Å².